The number of aromatic nitrogens is 3. The third-order valence-corrected chi connectivity index (χ3v) is 6.23. The minimum absolute atomic E-state index is 0.251. The van der Waals surface area contributed by atoms with Gasteiger partial charge >= 0.3 is 0 Å². The van der Waals surface area contributed by atoms with Crippen molar-refractivity contribution in [3.8, 4) is 11.3 Å². The lowest BCUT2D eigenvalue weighted by Gasteiger charge is -2.10. The number of rotatable bonds is 4. The molecule has 0 bridgehead atoms. The largest absolute Gasteiger partial charge is 0.365 e. The zero-order chi connectivity index (χ0) is 24.7. The number of nitrogens with two attached hydrogens (primary N) is 1. The first-order valence-corrected chi connectivity index (χ1v) is 11.5. The highest BCUT2D eigenvalue weighted by Gasteiger charge is 2.27. The van der Waals surface area contributed by atoms with E-state index in [0.717, 1.165) is 28.9 Å². The van der Waals surface area contributed by atoms with Crippen molar-refractivity contribution in [1.82, 2.24) is 14.8 Å². The van der Waals surface area contributed by atoms with E-state index in [1.807, 2.05) is 38.1 Å². The second-order valence-electron chi connectivity index (χ2n) is 8.51. The first-order valence-electron chi connectivity index (χ1n) is 11.1. The fraction of sp³-hybridized carbons (Fsp3) is 0.154. The number of amides is 2. The van der Waals surface area contributed by atoms with Gasteiger partial charge in [-0.3, -0.25) is 9.59 Å². The Balaban J connectivity index is 1.50. The van der Waals surface area contributed by atoms with Crippen LogP contribution in [0.15, 0.2) is 54.6 Å². The summed E-state index contributed by atoms with van der Waals surface area (Å²) in [6.45, 7) is 4.46. The van der Waals surface area contributed by atoms with Gasteiger partial charge in [0.1, 0.15) is 22.9 Å². The summed E-state index contributed by atoms with van der Waals surface area (Å²) >= 11 is 6.59. The average molecular weight is 487 g/mol. The van der Waals surface area contributed by atoms with E-state index in [2.05, 4.69) is 26.8 Å². The standard InChI is InChI=1S/C26H23ClN6O2/c1-14-6-9-20-16(12-14)10-11-33-25(30-20)22(24(28)34)23(32-33)18-8-7-17(13-19(18)27)26(35)31-21-5-3-4-15(2)29-21/h3-9,12-13,30H,10-11H2,1-2H3,(H2,28,34)(H,29,31,35). The maximum Gasteiger partial charge on any atom is 0.256 e. The molecule has 0 atom stereocenters. The van der Waals surface area contributed by atoms with Crippen LogP contribution in [0, 0.1) is 13.8 Å². The molecule has 5 rings (SSSR count). The molecule has 0 saturated heterocycles. The first-order chi connectivity index (χ1) is 16.8. The minimum atomic E-state index is -0.618. The van der Waals surface area contributed by atoms with Crippen LogP contribution in [0.1, 0.15) is 37.5 Å². The lowest BCUT2D eigenvalue weighted by molar-refractivity contribution is 0.0998. The van der Waals surface area contributed by atoms with E-state index in [9.17, 15) is 9.59 Å². The van der Waals surface area contributed by atoms with Gasteiger partial charge in [-0.05, 0) is 56.2 Å². The summed E-state index contributed by atoms with van der Waals surface area (Å²) in [7, 11) is 0. The van der Waals surface area contributed by atoms with Gasteiger partial charge in [-0.1, -0.05) is 41.4 Å². The molecule has 0 fully saturated rings. The van der Waals surface area contributed by atoms with Gasteiger partial charge in [0.05, 0.1) is 5.02 Å². The molecule has 1 aliphatic rings. The first kappa shape index (κ1) is 22.6. The molecule has 1 aliphatic heterocycles. The van der Waals surface area contributed by atoms with Crippen LogP contribution in [0.5, 0.6) is 0 Å². The number of halogens is 1. The van der Waals surface area contributed by atoms with Crippen LogP contribution in [0.3, 0.4) is 0 Å². The Hall–Kier alpha value is -4.17. The second kappa shape index (κ2) is 8.88. The molecule has 9 heteroatoms. The van der Waals surface area contributed by atoms with Crippen molar-refractivity contribution in [2.75, 3.05) is 10.6 Å². The van der Waals surface area contributed by atoms with E-state index >= 15 is 0 Å². The van der Waals surface area contributed by atoms with Crippen molar-refractivity contribution < 1.29 is 9.59 Å². The molecule has 2 aromatic heterocycles. The van der Waals surface area contributed by atoms with Gasteiger partial charge in [-0.2, -0.15) is 5.10 Å². The summed E-state index contributed by atoms with van der Waals surface area (Å²) in [6, 6.07) is 16.3. The summed E-state index contributed by atoms with van der Waals surface area (Å²) in [5.41, 5.74) is 11.3. The molecule has 4 N–H and O–H groups in total. The van der Waals surface area contributed by atoms with E-state index in [0.29, 0.717) is 35.0 Å². The molecule has 0 unspecified atom stereocenters. The van der Waals surface area contributed by atoms with Gasteiger partial charge < -0.3 is 16.4 Å². The van der Waals surface area contributed by atoms with E-state index < -0.39 is 5.91 Å². The van der Waals surface area contributed by atoms with Crippen LogP contribution >= 0.6 is 11.6 Å². The van der Waals surface area contributed by atoms with Crippen molar-refractivity contribution in [2.24, 2.45) is 5.73 Å². The highest BCUT2D eigenvalue weighted by atomic mass is 35.5. The van der Waals surface area contributed by atoms with Crippen LogP contribution in [-0.2, 0) is 13.0 Å². The molecule has 3 heterocycles. The van der Waals surface area contributed by atoms with Gasteiger partial charge in [-0.25, -0.2) is 9.67 Å². The number of fused-ring (bicyclic) bond motifs is 2. The number of aryl methyl sites for hydroxylation is 4. The third-order valence-electron chi connectivity index (χ3n) is 5.92. The molecule has 0 spiro atoms. The quantitative estimate of drug-likeness (QED) is 0.381. The monoisotopic (exact) mass is 486 g/mol. The van der Waals surface area contributed by atoms with Gasteiger partial charge in [0, 0.05) is 29.1 Å². The number of primary amides is 1. The lowest BCUT2D eigenvalue weighted by Crippen LogP contribution is -2.14. The zero-order valence-electron chi connectivity index (χ0n) is 19.2. The molecule has 4 aromatic rings. The van der Waals surface area contributed by atoms with Gasteiger partial charge in [-0.15, -0.1) is 0 Å². The zero-order valence-corrected chi connectivity index (χ0v) is 20.0. The normalized spacial score (nSPS) is 12.2. The molecule has 35 heavy (non-hydrogen) atoms. The second-order valence-corrected chi connectivity index (χ2v) is 8.92. The molecular formula is C26H23ClN6O2. The highest BCUT2D eigenvalue weighted by Crippen LogP contribution is 2.37. The summed E-state index contributed by atoms with van der Waals surface area (Å²) in [6.07, 6.45) is 0.746. The van der Waals surface area contributed by atoms with E-state index in [4.69, 9.17) is 17.3 Å². The van der Waals surface area contributed by atoms with Crippen LogP contribution in [0.4, 0.5) is 17.3 Å². The summed E-state index contributed by atoms with van der Waals surface area (Å²) in [4.78, 5) is 29.6. The van der Waals surface area contributed by atoms with Gasteiger partial charge in [0.15, 0.2) is 0 Å². The summed E-state index contributed by atoms with van der Waals surface area (Å²) in [5.74, 6) is 0.0118. The predicted octanol–water partition coefficient (Wildman–Crippen LogP) is 4.87. The molecule has 0 saturated carbocycles. The number of carbonyl (C=O) groups excluding carboxylic acids is 2. The maximum atomic E-state index is 12.7. The van der Waals surface area contributed by atoms with Gasteiger partial charge in [0.25, 0.3) is 11.8 Å². The van der Waals surface area contributed by atoms with Crippen LogP contribution in [0.2, 0.25) is 5.02 Å². The molecule has 0 radical (unpaired) electrons. The lowest BCUT2D eigenvalue weighted by atomic mass is 10.0. The Morgan fingerprint density at radius 2 is 1.94 bits per heavy atom. The Kier molecular flexibility index (Phi) is 5.74. The Morgan fingerprint density at radius 1 is 1.11 bits per heavy atom. The van der Waals surface area contributed by atoms with Crippen molar-refractivity contribution in [3.63, 3.8) is 0 Å². The Bertz CT molecular complexity index is 1490. The van der Waals surface area contributed by atoms with Crippen LogP contribution in [-0.4, -0.2) is 26.6 Å². The third kappa shape index (κ3) is 4.36. The van der Waals surface area contributed by atoms with E-state index in [1.165, 1.54) is 0 Å². The summed E-state index contributed by atoms with van der Waals surface area (Å²) < 4.78 is 1.74. The molecule has 0 aliphatic carbocycles. The molecule has 2 aromatic carbocycles. The molecule has 2 amide bonds. The molecule has 8 nitrogen and oxygen atoms in total. The van der Waals surface area contributed by atoms with Crippen molar-refractivity contribution in [1.29, 1.82) is 0 Å². The van der Waals surface area contributed by atoms with Crippen molar-refractivity contribution >= 4 is 40.7 Å². The Morgan fingerprint density at radius 3 is 2.69 bits per heavy atom. The summed E-state index contributed by atoms with van der Waals surface area (Å²) in [5, 5.41) is 11.1. The number of hydrogen-bond acceptors (Lipinski definition) is 5. The smallest absolute Gasteiger partial charge is 0.256 e. The van der Waals surface area contributed by atoms with E-state index in [1.54, 1.807) is 28.9 Å². The van der Waals surface area contributed by atoms with E-state index in [-0.39, 0.29) is 16.5 Å². The topological polar surface area (TPSA) is 115 Å². The van der Waals surface area contributed by atoms with Crippen molar-refractivity contribution in [3.05, 3.63) is 87.6 Å². The number of carbonyl (C=O) groups is 2. The number of pyridine rings is 1. The predicted molar refractivity (Wildman–Crippen MR) is 136 cm³/mol. The highest BCUT2D eigenvalue weighted by molar-refractivity contribution is 6.34. The number of hydrogen-bond donors (Lipinski definition) is 3. The fourth-order valence-corrected chi connectivity index (χ4v) is 4.50. The minimum Gasteiger partial charge on any atom is -0.365 e. The van der Waals surface area contributed by atoms with Crippen LogP contribution < -0.4 is 16.4 Å². The number of nitrogens with zero attached hydrogens (tertiary/aromatic N) is 3. The SMILES string of the molecule is Cc1ccc2c(c1)CCn1nc(-c3ccc(C(=O)Nc4cccc(C)n4)cc3Cl)c(C(N)=O)c1N2. The van der Waals surface area contributed by atoms with Crippen molar-refractivity contribution in [2.45, 2.75) is 26.8 Å². The number of nitrogens with one attached hydrogen (secondary N) is 2. The number of benzene rings is 2. The fourth-order valence-electron chi connectivity index (χ4n) is 4.23. The molecule has 176 valence electrons. The van der Waals surface area contributed by atoms with Gasteiger partial charge in [0.2, 0.25) is 0 Å². The van der Waals surface area contributed by atoms with Crippen LogP contribution in [0.25, 0.3) is 11.3 Å². The Labute approximate surface area is 207 Å². The molecular weight excluding hydrogens is 464 g/mol. The maximum absolute atomic E-state index is 12.7. The average Bonchev–Trinajstić information content (AvgIpc) is 3.07. The number of anilines is 3.